The maximum atomic E-state index is 10.8. The van der Waals surface area contributed by atoms with E-state index in [-0.39, 0.29) is 12.5 Å². The maximum absolute atomic E-state index is 10.8. The van der Waals surface area contributed by atoms with Gasteiger partial charge in [0.2, 0.25) is 5.88 Å². The molecule has 1 unspecified atom stereocenters. The van der Waals surface area contributed by atoms with Crippen molar-refractivity contribution in [2.24, 2.45) is 0 Å². The number of hydrogen-bond donors (Lipinski definition) is 4. The van der Waals surface area contributed by atoms with Crippen LogP contribution in [-0.4, -0.2) is 81.8 Å². The van der Waals surface area contributed by atoms with Crippen LogP contribution in [0, 0.1) is 0 Å². The van der Waals surface area contributed by atoms with Gasteiger partial charge in [-0.2, -0.15) is 0 Å². The van der Waals surface area contributed by atoms with Crippen LogP contribution in [0.3, 0.4) is 0 Å². The molecule has 1 aliphatic heterocycles. The minimum atomic E-state index is -1.15. The molecule has 3 rings (SSSR count). The standard InChI is InChI=1S/C18H23ClN4O5/c1-28-15-3-2-13-17(22-15)16(11(19)6-20-13)10(9-24)7-23-5-4-12(14(25)8-23)21-18(26)27/h2-3,6,10,12,14,21,24-25H,4-5,7-9H2,1H3,(H,26,27)/t10?,12-,14+/m0/s1. The molecular weight excluding hydrogens is 388 g/mol. The van der Waals surface area contributed by atoms with E-state index in [1.807, 2.05) is 4.90 Å². The first kappa shape index (κ1) is 20.5. The molecule has 3 atom stereocenters. The van der Waals surface area contributed by atoms with Crippen molar-refractivity contribution in [3.63, 3.8) is 0 Å². The summed E-state index contributed by atoms with van der Waals surface area (Å²) in [4.78, 5) is 21.5. The molecule has 0 spiro atoms. The molecule has 0 aliphatic carbocycles. The van der Waals surface area contributed by atoms with Gasteiger partial charge in [-0.1, -0.05) is 11.6 Å². The summed E-state index contributed by atoms with van der Waals surface area (Å²) in [7, 11) is 1.52. The first-order chi connectivity index (χ1) is 13.4. The summed E-state index contributed by atoms with van der Waals surface area (Å²) in [6.45, 7) is 1.14. The molecule has 1 fully saturated rings. The number of fused-ring (bicyclic) bond motifs is 1. The molecule has 1 aliphatic rings. The number of pyridine rings is 2. The fourth-order valence-corrected chi connectivity index (χ4v) is 3.88. The van der Waals surface area contributed by atoms with E-state index in [2.05, 4.69) is 15.3 Å². The van der Waals surface area contributed by atoms with Crippen LogP contribution < -0.4 is 10.1 Å². The van der Waals surface area contributed by atoms with Crippen LogP contribution in [0.2, 0.25) is 5.02 Å². The Hall–Kier alpha value is -2.20. The molecule has 4 N–H and O–H groups in total. The zero-order valence-electron chi connectivity index (χ0n) is 15.4. The van der Waals surface area contributed by atoms with E-state index >= 15 is 0 Å². The second-order valence-electron chi connectivity index (χ2n) is 6.79. The van der Waals surface area contributed by atoms with Gasteiger partial charge in [0.1, 0.15) is 0 Å². The number of hydrogen-bond acceptors (Lipinski definition) is 7. The number of nitrogens with one attached hydrogen (secondary N) is 1. The molecule has 1 saturated heterocycles. The summed E-state index contributed by atoms with van der Waals surface area (Å²) in [5.41, 5.74) is 1.88. The van der Waals surface area contributed by atoms with Crippen molar-refractivity contribution in [1.82, 2.24) is 20.2 Å². The summed E-state index contributed by atoms with van der Waals surface area (Å²) in [6.07, 6.45) is 0.0315. The molecule has 0 bridgehead atoms. The molecule has 1 amide bonds. The second kappa shape index (κ2) is 8.87. The summed E-state index contributed by atoms with van der Waals surface area (Å²) < 4.78 is 5.20. The van der Waals surface area contributed by atoms with Gasteiger partial charge < -0.3 is 25.4 Å². The number of aliphatic hydroxyl groups is 2. The molecule has 10 heteroatoms. The highest BCUT2D eigenvalue weighted by Gasteiger charge is 2.31. The van der Waals surface area contributed by atoms with Crippen molar-refractivity contribution in [2.75, 3.05) is 33.4 Å². The number of aromatic nitrogens is 2. The summed E-state index contributed by atoms with van der Waals surface area (Å²) >= 11 is 6.40. The number of rotatable bonds is 6. The molecule has 0 aromatic carbocycles. The highest BCUT2D eigenvalue weighted by molar-refractivity contribution is 6.32. The summed E-state index contributed by atoms with van der Waals surface area (Å²) in [6, 6.07) is 2.98. The van der Waals surface area contributed by atoms with Crippen molar-refractivity contribution < 1.29 is 24.9 Å². The third-order valence-corrected chi connectivity index (χ3v) is 5.27. The number of nitrogens with zero attached hydrogens (tertiary/aromatic N) is 3. The largest absolute Gasteiger partial charge is 0.481 e. The number of halogens is 1. The average Bonchev–Trinajstić information content (AvgIpc) is 2.67. The van der Waals surface area contributed by atoms with E-state index in [1.54, 1.807) is 12.1 Å². The fraction of sp³-hybridized carbons (Fsp3) is 0.500. The Morgan fingerprint density at radius 3 is 2.93 bits per heavy atom. The maximum Gasteiger partial charge on any atom is 0.404 e. The topological polar surface area (TPSA) is 128 Å². The Morgan fingerprint density at radius 2 is 2.29 bits per heavy atom. The van der Waals surface area contributed by atoms with Crippen LogP contribution in [0.15, 0.2) is 18.3 Å². The normalized spacial score (nSPS) is 21.4. The van der Waals surface area contributed by atoms with Crippen LogP contribution in [0.25, 0.3) is 11.0 Å². The predicted molar refractivity (Wildman–Crippen MR) is 103 cm³/mol. The highest BCUT2D eigenvalue weighted by Crippen LogP contribution is 2.32. The Balaban J connectivity index is 1.82. The Bertz CT molecular complexity index is 852. The Labute approximate surface area is 166 Å². The van der Waals surface area contributed by atoms with E-state index < -0.39 is 18.2 Å². The SMILES string of the molecule is COc1ccc2ncc(Cl)c(C(CO)CN3CC[C@H](NC(=O)O)[C@H](O)C3)c2n1. The van der Waals surface area contributed by atoms with Crippen LogP contribution >= 0.6 is 11.6 Å². The third-order valence-electron chi connectivity index (χ3n) is 4.97. The molecule has 0 saturated carbocycles. The van der Waals surface area contributed by atoms with Gasteiger partial charge in [0, 0.05) is 43.4 Å². The van der Waals surface area contributed by atoms with Crippen molar-refractivity contribution in [1.29, 1.82) is 0 Å². The Morgan fingerprint density at radius 1 is 1.50 bits per heavy atom. The van der Waals surface area contributed by atoms with E-state index in [9.17, 15) is 15.0 Å². The number of β-amino-alcohol motifs (C(OH)–C–C–N with tert-alkyl or cyclic N) is 1. The number of methoxy groups -OCH3 is 1. The monoisotopic (exact) mass is 410 g/mol. The molecule has 28 heavy (non-hydrogen) atoms. The molecule has 152 valence electrons. The number of carbonyl (C=O) groups is 1. The van der Waals surface area contributed by atoms with Crippen molar-refractivity contribution >= 4 is 28.7 Å². The smallest absolute Gasteiger partial charge is 0.404 e. The third kappa shape index (κ3) is 4.44. The van der Waals surface area contributed by atoms with Gasteiger partial charge in [-0.25, -0.2) is 9.78 Å². The van der Waals surface area contributed by atoms with Gasteiger partial charge in [-0.3, -0.25) is 9.88 Å². The van der Waals surface area contributed by atoms with Gasteiger partial charge in [-0.05, 0) is 12.5 Å². The molecular formula is C18H23ClN4O5. The zero-order chi connectivity index (χ0) is 20.3. The van der Waals surface area contributed by atoms with Gasteiger partial charge in [-0.15, -0.1) is 0 Å². The van der Waals surface area contributed by atoms with Gasteiger partial charge in [0.15, 0.2) is 0 Å². The minimum absolute atomic E-state index is 0.166. The van der Waals surface area contributed by atoms with Crippen LogP contribution in [0.4, 0.5) is 4.79 Å². The molecule has 0 radical (unpaired) electrons. The number of aliphatic hydroxyl groups excluding tert-OH is 2. The first-order valence-electron chi connectivity index (χ1n) is 8.92. The van der Waals surface area contributed by atoms with Crippen LogP contribution in [0.1, 0.15) is 17.9 Å². The first-order valence-corrected chi connectivity index (χ1v) is 9.30. The highest BCUT2D eigenvalue weighted by atomic mass is 35.5. The van der Waals surface area contributed by atoms with E-state index in [0.717, 1.165) is 0 Å². The fourth-order valence-electron chi connectivity index (χ4n) is 3.59. The lowest BCUT2D eigenvalue weighted by molar-refractivity contribution is 0.0354. The number of ether oxygens (including phenoxy) is 1. The van der Waals surface area contributed by atoms with Crippen LogP contribution in [-0.2, 0) is 0 Å². The predicted octanol–water partition coefficient (Wildman–Crippen LogP) is 1.07. The lowest BCUT2D eigenvalue weighted by Crippen LogP contribution is -2.54. The lowest BCUT2D eigenvalue weighted by atomic mass is 9.95. The van der Waals surface area contributed by atoms with Crippen molar-refractivity contribution in [2.45, 2.75) is 24.5 Å². The van der Waals surface area contributed by atoms with Gasteiger partial charge in [0.05, 0.1) is 41.9 Å². The molecule has 3 heterocycles. The Kier molecular flexibility index (Phi) is 6.50. The number of piperidine rings is 1. The van der Waals surface area contributed by atoms with Crippen LogP contribution in [0.5, 0.6) is 5.88 Å². The number of amides is 1. The molecule has 2 aromatic heterocycles. The molecule has 2 aromatic rings. The zero-order valence-corrected chi connectivity index (χ0v) is 16.1. The lowest BCUT2D eigenvalue weighted by Gasteiger charge is -2.37. The summed E-state index contributed by atoms with van der Waals surface area (Å²) in [5, 5.41) is 31.9. The quantitative estimate of drug-likeness (QED) is 0.556. The van der Waals surface area contributed by atoms with Crippen molar-refractivity contribution in [3.05, 3.63) is 28.9 Å². The van der Waals surface area contributed by atoms with Gasteiger partial charge >= 0.3 is 6.09 Å². The van der Waals surface area contributed by atoms with Gasteiger partial charge in [0.25, 0.3) is 0 Å². The average molecular weight is 411 g/mol. The number of carboxylic acid groups (broad SMARTS) is 1. The second-order valence-corrected chi connectivity index (χ2v) is 7.20. The van der Waals surface area contributed by atoms with Crippen molar-refractivity contribution in [3.8, 4) is 5.88 Å². The van der Waals surface area contributed by atoms with E-state index in [0.29, 0.717) is 53.6 Å². The van der Waals surface area contributed by atoms with E-state index in [1.165, 1.54) is 13.3 Å². The van der Waals surface area contributed by atoms with E-state index in [4.69, 9.17) is 21.4 Å². The summed E-state index contributed by atoms with van der Waals surface area (Å²) in [5.74, 6) is 0.0688. The minimum Gasteiger partial charge on any atom is -0.481 e. The number of likely N-dealkylation sites (tertiary alicyclic amines) is 1. The molecule has 9 nitrogen and oxygen atoms in total.